The number of esters is 2. The van der Waals surface area contributed by atoms with Gasteiger partial charge in [-0.05, 0) is 94.3 Å². The molecular weight excluding hydrogens is 779 g/mol. The largest absolute Gasteiger partial charge is 0.504 e. The lowest BCUT2D eigenvalue weighted by atomic mass is 9.85. The van der Waals surface area contributed by atoms with E-state index < -0.39 is 30.1 Å². The van der Waals surface area contributed by atoms with Gasteiger partial charge in [0.25, 0.3) is 0 Å². The maximum Gasteiger partial charge on any atom is 0.327 e. The molecule has 0 radical (unpaired) electrons. The number of fused-ring (bicyclic) bond motifs is 3. The molecule has 0 aromatic heterocycles. The summed E-state index contributed by atoms with van der Waals surface area (Å²) in [5.41, 5.74) is 6.70. The summed E-state index contributed by atoms with van der Waals surface area (Å²) in [7, 11) is 5.08. The van der Waals surface area contributed by atoms with Crippen LogP contribution in [0, 0.1) is 20.8 Å². The number of aliphatic hydroxyl groups excluding tert-OH is 1. The molecule has 4 atom stereocenters. The molecule has 3 heterocycles. The van der Waals surface area contributed by atoms with Crippen molar-refractivity contribution in [3.8, 4) is 40.2 Å². The van der Waals surface area contributed by atoms with Crippen LogP contribution in [0.5, 0.6) is 40.2 Å². The lowest BCUT2D eigenvalue weighted by Crippen LogP contribution is -2.50. The zero-order valence-electron chi connectivity index (χ0n) is 35.2. The highest BCUT2D eigenvalue weighted by molar-refractivity contribution is 7.98. The molecule has 59 heavy (non-hydrogen) atoms. The van der Waals surface area contributed by atoms with Crippen molar-refractivity contribution >= 4 is 23.7 Å². The minimum Gasteiger partial charge on any atom is -0.504 e. The second-order valence-corrected chi connectivity index (χ2v) is 16.7. The van der Waals surface area contributed by atoms with Gasteiger partial charge in [0.15, 0.2) is 34.5 Å². The van der Waals surface area contributed by atoms with Crippen LogP contribution < -0.4 is 39.1 Å². The van der Waals surface area contributed by atoms with Gasteiger partial charge in [-0.25, -0.2) is 4.79 Å². The molecule has 320 valence electrons. The smallest absolute Gasteiger partial charge is 0.327 e. The molecule has 3 aromatic rings. The Balaban J connectivity index is 1.36. The third kappa shape index (κ3) is 8.24. The van der Waals surface area contributed by atoms with E-state index in [1.165, 1.54) is 14.0 Å². The number of likely N-dealkylation sites (N-methyl/N-ethyl adjacent to an activating group) is 1. The maximum absolute atomic E-state index is 14.4. The number of nitrogens with zero attached hydrogens (tertiary/aromatic N) is 1. The van der Waals surface area contributed by atoms with Crippen molar-refractivity contribution in [1.82, 2.24) is 15.5 Å². The fraction of sp³-hybridized carbons (Fsp3) is 0.545. The van der Waals surface area contributed by atoms with Crippen molar-refractivity contribution in [2.24, 2.45) is 0 Å². The number of phenolic OH excluding ortho intramolecular Hbond substituents is 1. The van der Waals surface area contributed by atoms with Crippen LogP contribution in [0.4, 0.5) is 0 Å². The van der Waals surface area contributed by atoms with Crippen LogP contribution in [0.15, 0.2) is 18.2 Å². The van der Waals surface area contributed by atoms with E-state index in [4.69, 9.17) is 33.2 Å². The van der Waals surface area contributed by atoms with Crippen LogP contribution in [-0.2, 0) is 27.2 Å². The summed E-state index contributed by atoms with van der Waals surface area (Å²) in [5.74, 6) is 2.74. The normalized spacial score (nSPS) is 22.8. The number of rotatable bonds is 13. The minimum atomic E-state index is -0.804. The molecule has 0 amide bonds. The van der Waals surface area contributed by atoms with Gasteiger partial charge in [-0.3, -0.25) is 9.69 Å². The molecule has 14 nitrogen and oxygen atoms in total. The highest BCUT2D eigenvalue weighted by Gasteiger charge is 2.43. The molecule has 15 heteroatoms. The molecule has 0 spiro atoms. The van der Waals surface area contributed by atoms with E-state index in [2.05, 4.69) is 27.9 Å². The molecule has 1 saturated carbocycles. The SMILES string of the molecule is CN[C@@H]1c2c(cc(C)c(OC)c2OC2CC(O)C2)CCCN(C(COC(=O)C2NCCc3cc(O)c(OC)cc32)c2c(C)c(OC(C)=O)c(C)c3c2OCO3)C1CSC. The third-order valence-corrected chi connectivity index (χ3v) is 12.8. The number of phenols is 1. The number of aromatic hydroxyl groups is 1. The molecule has 0 bridgehead atoms. The van der Waals surface area contributed by atoms with Gasteiger partial charge in [0.05, 0.1) is 32.4 Å². The summed E-state index contributed by atoms with van der Waals surface area (Å²) in [4.78, 5) is 29.3. The first-order chi connectivity index (χ1) is 28.4. The first-order valence-electron chi connectivity index (χ1n) is 20.3. The average molecular weight is 836 g/mol. The Morgan fingerprint density at radius 1 is 1.02 bits per heavy atom. The topological polar surface area (TPSA) is 167 Å². The Labute approximate surface area is 350 Å². The first-order valence-corrected chi connectivity index (χ1v) is 21.7. The van der Waals surface area contributed by atoms with Crippen LogP contribution in [0.25, 0.3) is 0 Å². The van der Waals surface area contributed by atoms with Crippen LogP contribution in [-0.4, -0.2) is 105 Å². The summed E-state index contributed by atoms with van der Waals surface area (Å²) in [6.45, 7) is 8.19. The number of carbonyl (C=O) groups is 2. The number of nitrogens with one attached hydrogen (secondary N) is 2. The first kappa shape index (κ1) is 42.7. The van der Waals surface area contributed by atoms with E-state index in [-0.39, 0.29) is 43.1 Å². The second-order valence-electron chi connectivity index (χ2n) is 15.8. The number of thioether (sulfide) groups is 1. The molecule has 3 aromatic carbocycles. The molecule has 4 N–H and O–H groups in total. The van der Waals surface area contributed by atoms with Crippen LogP contribution in [0.2, 0.25) is 0 Å². The number of benzene rings is 3. The number of ether oxygens (including phenoxy) is 7. The van der Waals surface area contributed by atoms with Crippen LogP contribution >= 0.6 is 11.8 Å². The summed E-state index contributed by atoms with van der Waals surface area (Å²) < 4.78 is 42.8. The molecule has 7 rings (SSSR count). The lowest BCUT2D eigenvalue weighted by Gasteiger charge is -2.45. The van der Waals surface area contributed by atoms with E-state index in [0.29, 0.717) is 89.1 Å². The van der Waals surface area contributed by atoms with Gasteiger partial charge >= 0.3 is 11.9 Å². The zero-order chi connectivity index (χ0) is 42.1. The summed E-state index contributed by atoms with van der Waals surface area (Å²) >= 11 is 1.71. The fourth-order valence-corrected chi connectivity index (χ4v) is 10.1. The zero-order valence-corrected chi connectivity index (χ0v) is 36.0. The standard InChI is InChI=1S/C44H57N3O11S/c1-22-14-27-10-9-13-47(32(20-59-8)38(45-5)36(27)43(39(22)53-7)58-29-16-28(49)17-29)31(35-23(2)40(57-25(4)48)24(3)41-42(35)56-21-55-41)19-54-44(51)37-30-18-34(52-6)33(50)15-26(30)11-12-46-37/h14-15,18,28-29,31-32,37-38,45-46,49-50H,9-13,16-17,19-21H2,1-8H3/t28?,29?,31?,32?,37?,38-/m0/s1. The Morgan fingerprint density at radius 2 is 1.78 bits per heavy atom. The van der Waals surface area contributed by atoms with Crippen molar-refractivity contribution in [2.45, 2.75) is 96.2 Å². The summed E-state index contributed by atoms with van der Waals surface area (Å²) in [6.07, 6.45) is 4.74. The Hall–Kier alpha value is -4.41. The second kappa shape index (κ2) is 18.1. The molecule has 3 unspecified atom stereocenters. The number of aryl methyl sites for hydroxylation is 2. The quantitative estimate of drug-likeness (QED) is 0.129. The van der Waals surface area contributed by atoms with Gasteiger partial charge in [0, 0.05) is 60.4 Å². The highest BCUT2D eigenvalue weighted by Crippen LogP contribution is 2.52. The summed E-state index contributed by atoms with van der Waals surface area (Å²) in [5, 5.41) is 27.7. The molecular formula is C44H57N3O11S. The predicted molar refractivity (Wildman–Crippen MR) is 223 cm³/mol. The molecule has 3 aliphatic heterocycles. The lowest BCUT2D eigenvalue weighted by molar-refractivity contribution is -0.149. The van der Waals surface area contributed by atoms with Crippen LogP contribution in [0.3, 0.4) is 0 Å². The molecule has 1 fully saturated rings. The van der Waals surface area contributed by atoms with E-state index in [1.807, 2.05) is 27.8 Å². The molecule has 1 aliphatic carbocycles. The van der Waals surface area contributed by atoms with Gasteiger partial charge in [0.2, 0.25) is 6.79 Å². The monoisotopic (exact) mass is 835 g/mol. The van der Waals surface area contributed by atoms with Crippen molar-refractivity contribution in [3.05, 3.63) is 62.7 Å². The molecule has 4 aliphatic rings. The van der Waals surface area contributed by atoms with Gasteiger partial charge in [-0.1, -0.05) is 6.07 Å². The van der Waals surface area contributed by atoms with Crippen molar-refractivity contribution in [2.75, 3.05) is 59.8 Å². The van der Waals surface area contributed by atoms with E-state index in [1.54, 1.807) is 31.0 Å². The fourth-order valence-electron chi connectivity index (χ4n) is 9.33. The van der Waals surface area contributed by atoms with Crippen molar-refractivity contribution in [3.63, 3.8) is 0 Å². The van der Waals surface area contributed by atoms with E-state index in [0.717, 1.165) is 35.1 Å². The van der Waals surface area contributed by atoms with Gasteiger partial charge < -0.3 is 54.0 Å². The minimum absolute atomic E-state index is 0.0130. The third-order valence-electron chi connectivity index (χ3n) is 12.1. The number of hydrogen-bond donors (Lipinski definition) is 4. The number of carbonyl (C=O) groups excluding carboxylic acids is 2. The van der Waals surface area contributed by atoms with Crippen molar-refractivity contribution < 1.29 is 53.0 Å². The molecule has 0 saturated heterocycles. The Bertz CT molecular complexity index is 2070. The Kier molecular flexibility index (Phi) is 13.1. The number of methoxy groups -OCH3 is 2. The summed E-state index contributed by atoms with van der Waals surface area (Å²) in [6, 6.07) is 3.63. The number of hydrogen-bond acceptors (Lipinski definition) is 15. The van der Waals surface area contributed by atoms with E-state index >= 15 is 0 Å². The van der Waals surface area contributed by atoms with Gasteiger partial charge in [0.1, 0.15) is 24.5 Å². The highest BCUT2D eigenvalue weighted by atomic mass is 32.2. The predicted octanol–water partition coefficient (Wildman–Crippen LogP) is 5.30. The van der Waals surface area contributed by atoms with Gasteiger partial charge in [-0.2, -0.15) is 11.8 Å². The Morgan fingerprint density at radius 3 is 2.46 bits per heavy atom. The average Bonchev–Trinajstić information content (AvgIpc) is 3.68. The number of aliphatic hydroxyl groups is 1. The van der Waals surface area contributed by atoms with Crippen molar-refractivity contribution in [1.29, 1.82) is 0 Å². The van der Waals surface area contributed by atoms with Crippen LogP contribution in [0.1, 0.15) is 88.8 Å². The van der Waals surface area contributed by atoms with Gasteiger partial charge in [-0.15, -0.1) is 0 Å². The van der Waals surface area contributed by atoms with E-state index in [9.17, 15) is 19.8 Å². The maximum atomic E-state index is 14.4.